The van der Waals surface area contributed by atoms with Crippen molar-refractivity contribution >= 4 is 17.3 Å². The van der Waals surface area contributed by atoms with E-state index in [1.807, 2.05) is 31.3 Å². The second-order valence-electron chi connectivity index (χ2n) is 4.12. The molecule has 0 heterocycles. The number of rotatable bonds is 2. The summed E-state index contributed by atoms with van der Waals surface area (Å²) in [6, 6.07) is 7.40. The van der Waals surface area contributed by atoms with E-state index in [0.29, 0.717) is 0 Å². The Hall–Kier alpha value is -1.51. The van der Waals surface area contributed by atoms with E-state index < -0.39 is 0 Å². The minimum absolute atomic E-state index is 0.228. The van der Waals surface area contributed by atoms with Gasteiger partial charge in [0.1, 0.15) is 0 Å². The van der Waals surface area contributed by atoms with Crippen molar-refractivity contribution in [3.05, 3.63) is 24.3 Å². The van der Waals surface area contributed by atoms with Gasteiger partial charge in [0.2, 0.25) is 5.91 Å². The van der Waals surface area contributed by atoms with Gasteiger partial charge in [-0.25, -0.2) is 0 Å². The first-order chi connectivity index (χ1) is 7.18. The van der Waals surface area contributed by atoms with Crippen molar-refractivity contribution in [1.29, 1.82) is 0 Å². The summed E-state index contributed by atoms with van der Waals surface area (Å²) in [5.74, 6) is 0.471. The predicted molar refractivity (Wildman–Crippen MR) is 61.6 cm³/mol. The van der Waals surface area contributed by atoms with Crippen molar-refractivity contribution in [1.82, 2.24) is 0 Å². The number of nitrogens with zero attached hydrogens (tertiary/aromatic N) is 1. The number of nitrogens with two attached hydrogens (primary N) is 1. The third kappa shape index (κ3) is 1.96. The Bertz CT molecular complexity index is 354. The predicted octanol–water partition coefficient (Wildman–Crippen LogP) is 2.03. The van der Waals surface area contributed by atoms with Crippen molar-refractivity contribution in [3.63, 3.8) is 0 Å². The van der Waals surface area contributed by atoms with Gasteiger partial charge < -0.3 is 10.6 Å². The fourth-order valence-electron chi connectivity index (χ4n) is 1.75. The number of hydrogen-bond donors (Lipinski definition) is 1. The molecule has 0 spiro atoms. The molecule has 0 aromatic heterocycles. The van der Waals surface area contributed by atoms with E-state index in [1.54, 1.807) is 4.90 Å². The first-order valence-electron chi connectivity index (χ1n) is 5.31. The van der Waals surface area contributed by atoms with Gasteiger partial charge in [0.15, 0.2) is 0 Å². The fraction of sp³-hybridized carbons (Fsp3) is 0.417. The maximum Gasteiger partial charge on any atom is 0.229 e. The van der Waals surface area contributed by atoms with Crippen LogP contribution in [0.4, 0.5) is 11.4 Å². The lowest BCUT2D eigenvalue weighted by atomic mass is 9.84. The van der Waals surface area contributed by atoms with Crippen LogP contribution >= 0.6 is 0 Å². The first kappa shape index (κ1) is 10.0. The molecule has 1 aliphatic rings. The third-order valence-electron chi connectivity index (χ3n) is 3.07. The van der Waals surface area contributed by atoms with Crippen LogP contribution in [0.2, 0.25) is 0 Å². The molecule has 0 unspecified atom stereocenters. The molecule has 3 heteroatoms. The number of carbonyl (C=O) groups is 1. The first-order valence-corrected chi connectivity index (χ1v) is 5.31. The van der Waals surface area contributed by atoms with Gasteiger partial charge in [-0.1, -0.05) is 6.42 Å². The van der Waals surface area contributed by atoms with Gasteiger partial charge in [0, 0.05) is 24.3 Å². The van der Waals surface area contributed by atoms with Crippen LogP contribution in [-0.4, -0.2) is 13.0 Å². The Morgan fingerprint density at radius 1 is 1.33 bits per heavy atom. The highest BCUT2D eigenvalue weighted by Gasteiger charge is 2.28. The maximum atomic E-state index is 11.9. The molecule has 0 saturated heterocycles. The number of amides is 1. The zero-order chi connectivity index (χ0) is 10.8. The normalized spacial score (nSPS) is 15.8. The van der Waals surface area contributed by atoms with Gasteiger partial charge in [-0.2, -0.15) is 0 Å². The van der Waals surface area contributed by atoms with Gasteiger partial charge in [-0.15, -0.1) is 0 Å². The highest BCUT2D eigenvalue weighted by molar-refractivity contribution is 5.95. The molecule has 15 heavy (non-hydrogen) atoms. The van der Waals surface area contributed by atoms with Crippen LogP contribution in [0.25, 0.3) is 0 Å². The minimum Gasteiger partial charge on any atom is -0.399 e. The molecule has 0 atom stereocenters. The molecule has 1 aromatic rings. The number of nitrogen functional groups attached to an aromatic ring is 1. The Kier molecular flexibility index (Phi) is 2.62. The average molecular weight is 204 g/mol. The molecule has 3 nitrogen and oxygen atoms in total. The topological polar surface area (TPSA) is 46.3 Å². The van der Waals surface area contributed by atoms with Crippen molar-refractivity contribution in [2.24, 2.45) is 5.92 Å². The highest BCUT2D eigenvalue weighted by Crippen LogP contribution is 2.29. The number of hydrogen-bond acceptors (Lipinski definition) is 2. The molecule has 0 radical (unpaired) electrons. The molecule has 1 aliphatic carbocycles. The van der Waals surface area contributed by atoms with Gasteiger partial charge in [-0.05, 0) is 37.1 Å². The molecular formula is C12H16N2O. The van der Waals surface area contributed by atoms with Crippen LogP contribution in [0.3, 0.4) is 0 Å². The fourth-order valence-corrected chi connectivity index (χ4v) is 1.75. The van der Waals surface area contributed by atoms with Crippen LogP contribution in [0, 0.1) is 5.92 Å². The largest absolute Gasteiger partial charge is 0.399 e. The summed E-state index contributed by atoms with van der Waals surface area (Å²) in [5, 5.41) is 0. The number of anilines is 2. The van der Waals surface area contributed by atoms with Crippen LogP contribution in [-0.2, 0) is 4.79 Å². The van der Waals surface area contributed by atoms with E-state index in [-0.39, 0.29) is 11.8 Å². The van der Waals surface area contributed by atoms with Gasteiger partial charge in [0.25, 0.3) is 0 Å². The molecule has 0 aliphatic heterocycles. The van der Waals surface area contributed by atoms with E-state index in [2.05, 4.69) is 0 Å². The Morgan fingerprint density at radius 2 is 1.93 bits per heavy atom. The monoisotopic (exact) mass is 204 g/mol. The summed E-state index contributed by atoms with van der Waals surface area (Å²) < 4.78 is 0. The molecule has 1 fully saturated rings. The maximum absolute atomic E-state index is 11.9. The Balaban J connectivity index is 2.09. The van der Waals surface area contributed by atoms with Crippen LogP contribution in [0.1, 0.15) is 19.3 Å². The molecular weight excluding hydrogens is 188 g/mol. The standard InChI is InChI=1S/C12H16N2O/c1-14(12(15)9-3-2-4-9)11-7-5-10(13)6-8-11/h5-9H,2-4,13H2,1H3. The quantitative estimate of drug-likeness (QED) is 0.749. The molecule has 2 N–H and O–H groups in total. The van der Waals surface area contributed by atoms with Crippen molar-refractivity contribution in [2.75, 3.05) is 17.7 Å². The molecule has 1 saturated carbocycles. The molecule has 80 valence electrons. The summed E-state index contributed by atoms with van der Waals surface area (Å²) >= 11 is 0. The Labute approximate surface area is 89.9 Å². The van der Waals surface area contributed by atoms with Crippen molar-refractivity contribution in [2.45, 2.75) is 19.3 Å². The second kappa shape index (κ2) is 3.93. The molecule has 1 amide bonds. The summed E-state index contributed by atoms with van der Waals surface area (Å²) in [6.07, 6.45) is 3.27. The highest BCUT2D eigenvalue weighted by atomic mass is 16.2. The summed E-state index contributed by atoms with van der Waals surface area (Å²) in [4.78, 5) is 13.6. The lowest BCUT2D eigenvalue weighted by molar-refractivity contribution is -0.124. The average Bonchev–Trinajstić information content (AvgIpc) is 2.15. The van der Waals surface area contributed by atoms with E-state index in [1.165, 1.54) is 6.42 Å². The third-order valence-corrected chi connectivity index (χ3v) is 3.07. The van der Waals surface area contributed by atoms with E-state index in [4.69, 9.17) is 5.73 Å². The smallest absolute Gasteiger partial charge is 0.229 e. The van der Waals surface area contributed by atoms with E-state index in [9.17, 15) is 4.79 Å². The van der Waals surface area contributed by atoms with Gasteiger partial charge in [0.05, 0.1) is 0 Å². The summed E-state index contributed by atoms with van der Waals surface area (Å²) in [6.45, 7) is 0. The summed E-state index contributed by atoms with van der Waals surface area (Å²) in [7, 11) is 1.83. The molecule has 1 aromatic carbocycles. The van der Waals surface area contributed by atoms with Gasteiger partial charge >= 0.3 is 0 Å². The van der Waals surface area contributed by atoms with Gasteiger partial charge in [-0.3, -0.25) is 4.79 Å². The summed E-state index contributed by atoms with van der Waals surface area (Å²) in [5.41, 5.74) is 7.24. The van der Waals surface area contributed by atoms with Crippen LogP contribution < -0.4 is 10.6 Å². The SMILES string of the molecule is CN(C(=O)C1CCC1)c1ccc(N)cc1. The van der Waals surface area contributed by atoms with Crippen LogP contribution in [0.15, 0.2) is 24.3 Å². The number of benzene rings is 1. The zero-order valence-corrected chi connectivity index (χ0v) is 8.94. The minimum atomic E-state index is 0.228. The molecule has 0 bridgehead atoms. The van der Waals surface area contributed by atoms with Crippen molar-refractivity contribution < 1.29 is 4.79 Å². The lowest BCUT2D eigenvalue weighted by Gasteiger charge is -2.29. The van der Waals surface area contributed by atoms with E-state index in [0.717, 1.165) is 24.2 Å². The Morgan fingerprint density at radius 3 is 2.40 bits per heavy atom. The van der Waals surface area contributed by atoms with E-state index >= 15 is 0 Å². The zero-order valence-electron chi connectivity index (χ0n) is 8.94. The van der Waals surface area contributed by atoms with Crippen LogP contribution in [0.5, 0.6) is 0 Å². The van der Waals surface area contributed by atoms with Crippen molar-refractivity contribution in [3.8, 4) is 0 Å². The molecule has 2 rings (SSSR count). The second-order valence-corrected chi connectivity index (χ2v) is 4.12. The lowest BCUT2D eigenvalue weighted by Crippen LogP contribution is -2.36. The number of carbonyl (C=O) groups excluding carboxylic acids is 1.